The van der Waals surface area contributed by atoms with Crippen molar-refractivity contribution in [1.29, 1.82) is 5.26 Å². The maximum absolute atomic E-state index is 11.8. The number of carbonyl (C=O) groups is 2. The van der Waals surface area contributed by atoms with Crippen LogP contribution in [-0.2, 0) is 9.59 Å². The van der Waals surface area contributed by atoms with Crippen LogP contribution in [0.15, 0.2) is 30.0 Å². The maximum atomic E-state index is 11.8. The number of carboxylic acids is 1. The lowest BCUT2D eigenvalue weighted by molar-refractivity contribution is -0.140. The molecule has 1 aromatic carbocycles. The second-order valence-corrected chi connectivity index (χ2v) is 4.41. The molecule has 0 heterocycles. The molecule has 0 aromatic heterocycles. The Kier molecular flexibility index (Phi) is 6.43. The van der Waals surface area contributed by atoms with Crippen LogP contribution in [0.1, 0.15) is 6.92 Å². The van der Waals surface area contributed by atoms with Crippen LogP contribution in [0, 0.1) is 11.3 Å². The third-order valence-corrected chi connectivity index (χ3v) is 2.86. The summed E-state index contributed by atoms with van der Waals surface area (Å²) < 4.78 is 10.2. The Bertz CT molecular complexity index is 664. The first kappa shape index (κ1) is 17.8. The van der Waals surface area contributed by atoms with Gasteiger partial charge in [0.2, 0.25) is 0 Å². The second kappa shape index (κ2) is 8.29. The van der Waals surface area contributed by atoms with Crippen molar-refractivity contribution in [2.75, 3.05) is 19.5 Å². The fraction of sp³-hybridized carbons (Fsp3) is 0.267. The zero-order valence-corrected chi connectivity index (χ0v) is 12.9. The molecule has 0 radical (unpaired) electrons. The van der Waals surface area contributed by atoms with Crippen LogP contribution in [0.5, 0.6) is 11.5 Å². The molecule has 1 rings (SSSR count). The molecule has 122 valence electrons. The smallest absolute Gasteiger partial charge is 0.325 e. The van der Waals surface area contributed by atoms with Crippen molar-refractivity contribution in [3.63, 3.8) is 0 Å². The minimum absolute atomic E-state index is 0.275. The highest BCUT2D eigenvalue weighted by atomic mass is 16.5. The predicted molar refractivity (Wildman–Crippen MR) is 82.1 cm³/mol. The number of rotatable bonds is 7. The number of benzene rings is 1. The zero-order chi connectivity index (χ0) is 17.4. The maximum Gasteiger partial charge on any atom is 0.325 e. The number of hydrogen-bond acceptors (Lipinski definition) is 6. The van der Waals surface area contributed by atoms with E-state index in [9.17, 15) is 9.59 Å². The fourth-order valence-corrected chi connectivity index (χ4v) is 1.56. The molecular formula is C15H17N3O5. The van der Waals surface area contributed by atoms with Crippen molar-refractivity contribution in [2.24, 2.45) is 0 Å². The van der Waals surface area contributed by atoms with Crippen molar-refractivity contribution in [2.45, 2.75) is 13.0 Å². The Hall–Kier alpha value is -3.21. The Labute approximate surface area is 133 Å². The van der Waals surface area contributed by atoms with Gasteiger partial charge in [-0.25, -0.2) is 0 Å². The van der Waals surface area contributed by atoms with E-state index in [1.165, 1.54) is 27.3 Å². The molecule has 0 fully saturated rings. The van der Waals surface area contributed by atoms with E-state index in [2.05, 4.69) is 10.6 Å². The molecule has 1 atom stereocenters. The summed E-state index contributed by atoms with van der Waals surface area (Å²) in [6.07, 6.45) is 1.17. The Morgan fingerprint density at radius 1 is 1.35 bits per heavy atom. The molecule has 3 N–H and O–H groups in total. The number of carbonyl (C=O) groups excluding carboxylic acids is 1. The first-order chi connectivity index (χ1) is 10.9. The lowest BCUT2D eigenvalue weighted by Gasteiger charge is -2.11. The van der Waals surface area contributed by atoms with Crippen LogP contribution < -0.4 is 20.1 Å². The van der Waals surface area contributed by atoms with Gasteiger partial charge >= 0.3 is 5.97 Å². The molecule has 1 unspecified atom stereocenters. The van der Waals surface area contributed by atoms with E-state index in [1.807, 2.05) is 0 Å². The summed E-state index contributed by atoms with van der Waals surface area (Å²) >= 11 is 0. The van der Waals surface area contributed by atoms with Gasteiger partial charge in [0.05, 0.1) is 19.9 Å². The number of nitrogens with one attached hydrogen (secondary N) is 2. The highest BCUT2D eigenvalue weighted by Crippen LogP contribution is 2.28. The van der Waals surface area contributed by atoms with Crippen LogP contribution in [-0.4, -0.2) is 37.2 Å². The molecule has 0 spiro atoms. The van der Waals surface area contributed by atoms with Gasteiger partial charge in [0, 0.05) is 12.3 Å². The first-order valence-electron chi connectivity index (χ1n) is 6.55. The molecule has 0 aliphatic heterocycles. The highest BCUT2D eigenvalue weighted by molar-refractivity contribution is 5.99. The number of ether oxygens (including phenoxy) is 2. The Morgan fingerprint density at radius 2 is 2.04 bits per heavy atom. The summed E-state index contributed by atoms with van der Waals surface area (Å²) in [5.74, 6) is -0.947. The van der Waals surface area contributed by atoms with Crippen molar-refractivity contribution in [3.8, 4) is 17.6 Å². The predicted octanol–water partition coefficient (Wildman–Crippen LogP) is 1.11. The largest absolute Gasteiger partial charge is 0.497 e. The number of hydrogen-bond donors (Lipinski definition) is 3. The standard InChI is InChI=1S/C15H17N3O5/c1-9(15(20)21)18-14(19)10(7-16)8-17-12-6-11(22-2)4-5-13(12)23-3/h4-6,8-9,17H,1-3H3,(H,18,19)(H,20,21)/b10-8-. The van der Waals surface area contributed by atoms with Gasteiger partial charge in [-0.05, 0) is 19.1 Å². The van der Waals surface area contributed by atoms with Crippen LogP contribution in [0.25, 0.3) is 0 Å². The summed E-state index contributed by atoms with van der Waals surface area (Å²) in [5.41, 5.74) is 0.210. The molecule has 8 heteroatoms. The van der Waals surface area contributed by atoms with Crippen molar-refractivity contribution in [3.05, 3.63) is 30.0 Å². The van der Waals surface area contributed by atoms with Crippen molar-refractivity contribution in [1.82, 2.24) is 5.32 Å². The van der Waals surface area contributed by atoms with E-state index in [1.54, 1.807) is 24.3 Å². The quantitative estimate of drug-likeness (QED) is 0.508. The summed E-state index contributed by atoms with van der Waals surface area (Å²) in [5, 5.41) is 22.8. The number of nitrogens with zero attached hydrogens (tertiary/aromatic N) is 1. The summed E-state index contributed by atoms with van der Waals surface area (Å²) in [7, 11) is 2.98. The van der Waals surface area contributed by atoms with Gasteiger partial charge in [0.15, 0.2) is 0 Å². The summed E-state index contributed by atoms with van der Waals surface area (Å²) in [6.45, 7) is 1.30. The van der Waals surface area contributed by atoms with Gasteiger partial charge in [-0.1, -0.05) is 0 Å². The SMILES string of the molecule is COc1ccc(OC)c(N/C=C(/C#N)C(=O)NC(C)C(=O)O)c1. The van der Waals surface area contributed by atoms with Crippen molar-refractivity contribution < 1.29 is 24.2 Å². The molecule has 8 nitrogen and oxygen atoms in total. The molecule has 0 aliphatic rings. The number of nitriles is 1. The molecule has 23 heavy (non-hydrogen) atoms. The molecule has 0 bridgehead atoms. The molecule has 1 aromatic rings. The van der Waals surface area contributed by atoms with E-state index in [0.717, 1.165) is 0 Å². The number of methoxy groups -OCH3 is 2. The summed E-state index contributed by atoms with van der Waals surface area (Å²) in [6, 6.07) is 5.58. The number of amides is 1. The summed E-state index contributed by atoms with van der Waals surface area (Å²) in [4.78, 5) is 22.5. The lowest BCUT2D eigenvalue weighted by atomic mass is 10.2. The topological polar surface area (TPSA) is 121 Å². The van der Waals surface area contributed by atoms with Gasteiger partial charge in [-0.2, -0.15) is 5.26 Å². The normalized spacial score (nSPS) is 11.8. The average Bonchev–Trinajstić information content (AvgIpc) is 2.54. The fourth-order valence-electron chi connectivity index (χ4n) is 1.56. The number of carboxylic acid groups (broad SMARTS) is 1. The second-order valence-electron chi connectivity index (χ2n) is 4.41. The number of anilines is 1. The lowest BCUT2D eigenvalue weighted by Crippen LogP contribution is -2.39. The van der Waals surface area contributed by atoms with Crippen molar-refractivity contribution >= 4 is 17.6 Å². The van der Waals surface area contributed by atoms with Crippen LogP contribution in [0.3, 0.4) is 0 Å². The van der Waals surface area contributed by atoms with Gasteiger partial charge in [-0.15, -0.1) is 0 Å². The third-order valence-electron chi connectivity index (χ3n) is 2.86. The van der Waals surface area contributed by atoms with Crippen LogP contribution in [0.4, 0.5) is 5.69 Å². The first-order valence-corrected chi connectivity index (χ1v) is 6.55. The van der Waals surface area contributed by atoms with Gasteiger partial charge in [-0.3, -0.25) is 9.59 Å². The van der Waals surface area contributed by atoms with E-state index in [-0.39, 0.29) is 5.57 Å². The van der Waals surface area contributed by atoms with Gasteiger partial charge in [0.25, 0.3) is 5.91 Å². The van der Waals surface area contributed by atoms with E-state index in [4.69, 9.17) is 19.8 Å². The Balaban J connectivity index is 2.94. The highest BCUT2D eigenvalue weighted by Gasteiger charge is 2.17. The minimum atomic E-state index is -1.20. The Morgan fingerprint density at radius 3 is 2.57 bits per heavy atom. The third kappa shape index (κ3) is 4.93. The molecule has 0 saturated carbocycles. The average molecular weight is 319 g/mol. The van der Waals surface area contributed by atoms with E-state index in [0.29, 0.717) is 17.2 Å². The van der Waals surface area contributed by atoms with E-state index >= 15 is 0 Å². The molecule has 1 amide bonds. The van der Waals surface area contributed by atoms with Gasteiger partial charge in [0.1, 0.15) is 29.2 Å². The van der Waals surface area contributed by atoms with Crippen LogP contribution >= 0.6 is 0 Å². The van der Waals surface area contributed by atoms with Gasteiger partial charge < -0.3 is 25.2 Å². The number of aliphatic carboxylic acids is 1. The monoisotopic (exact) mass is 319 g/mol. The molecular weight excluding hydrogens is 302 g/mol. The minimum Gasteiger partial charge on any atom is -0.497 e. The molecule has 0 saturated heterocycles. The molecule has 0 aliphatic carbocycles. The zero-order valence-electron chi connectivity index (χ0n) is 12.9. The van der Waals surface area contributed by atoms with E-state index < -0.39 is 17.9 Å². The van der Waals surface area contributed by atoms with Crippen LogP contribution in [0.2, 0.25) is 0 Å².